The van der Waals surface area contributed by atoms with Gasteiger partial charge in [0.1, 0.15) is 11.6 Å². The van der Waals surface area contributed by atoms with E-state index >= 15 is 0 Å². The largest absolute Gasteiger partial charge is 0.300 e. The van der Waals surface area contributed by atoms with Crippen LogP contribution >= 0.6 is 0 Å². The van der Waals surface area contributed by atoms with Crippen molar-refractivity contribution in [2.75, 3.05) is 0 Å². The quantitative estimate of drug-likeness (QED) is 0.432. The lowest BCUT2D eigenvalue weighted by Crippen LogP contribution is -2.01. The number of Topliss-reactive ketones (excluding diaryl/α,β-unsaturated/α-hetero) is 2. The predicted octanol–water partition coefficient (Wildman–Crippen LogP) is 3.31. The lowest BCUT2D eigenvalue weighted by molar-refractivity contribution is -0.120. The minimum Gasteiger partial charge on any atom is -0.300 e. The SMILES string of the molecule is C=CC(C)CCC(=O)CCCCC(C)=O. The van der Waals surface area contributed by atoms with E-state index in [1.54, 1.807) is 6.92 Å². The van der Waals surface area contributed by atoms with Gasteiger partial charge in [0.2, 0.25) is 0 Å². The van der Waals surface area contributed by atoms with Crippen molar-refractivity contribution in [3.05, 3.63) is 12.7 Å². The smallest absolute Gasteiger partial charge is 0.132 e. The summed E-state index contributed by atoms with van der Waals surface area (Å²) in [6, 6.07) is 0. The van der Waals surface area contributed by atoms with E-state index < -0.39 is 0 Å². The monoisotopic (exact) mass is 210 g/mol. The number of hydrogen-bond donors (Lipinski definition) is 0. The fourth-order valence-corrected chi connectivity index (χ4v) is 1.33. The van der Waals surface area contributed by atoms with Crippen molar-refractivity contribution < 1.29 is 9.59 Å². The first-order chi connectivity index (χ1) is 7.06. The molecule has 2 nitrogen and oxygen atoms in total. The van der Waals surface area contributed by atoms with E-state index in [0.29, 0.717) is 31.0 Å². The van der Waals surface area contributed by atoms with Crippen LogP contribution in [-0.4, -0.2) is 11.6 Å². The summed E-state index contributed by atoms with van der Waals surface area (Å²) in [5.74, 6) is 0.946. The van der Waals surface area contributed by atoms with Crippen LogP contribution in [0.2, 0.25) is 0 Å². The molecule has 0 aromatic heterocycles. The molecule has 0 amide bonds. The van der Waals surface area contributed by atoms with Gasteiger partial charge < -0.3 is 4.79 Å². The number of rotatable bonds is 9. The van der Waals surface area contributed by atoms with Crippen molar-refractivity contribution in [1.82, 2.24) is 0 Å². The van der Waals surface area contributed by atoms with Crippen LogP contribution in [0.4, 0.5) is 0 Å². The van der Waals surface area contributed by atoms with Crippen molar-refractivity contribution in [2.24, 2.45) is 5.92 Å². The lowest BCUT2D eigenvalue weighted by atomic mass is 10.0. The Kier molecular flexibility index (Phi) is 7.88. The molecule has 0 aliphatic carbocycles. The zero-order valence-corrected chi connectivity index (χ0v) is 9.92. The van der Waals surface area contributed by atoms with Gasteiger partial charge in [0.25, 0.3) is 0 Å². The first-order valence-corrected chi connectivity index (χ1v) is 5.70. The molecule has 15 heavy (non-hydrogen) atoms. The highest BCUT2D eigenvalue weighted by molar-refractivity contribution is 5.78. The van der Waals surface area contributed by atoms with E-state index in [1.807, 2.05) is 6.08 Å². The second kappa shape index (κ2) is 8.39. The summed E-state index contributed by atoms with van der Waals surface area (Å²) in [6.45, 7) is 7.34. The van der Waals surface area contributed by atoms with Crippen LogP contribution < -0.4 is 0 Å². The Labute approximate surface area is 92.8 Å². The molecule has 86 valence electrons. The summed E-state index contributed by atoms with van der Waals surface area (Å²) < 4.78 is 0. The second-order valence-electron chi connectivity index (χ2n) is 4.20. The van der Waals surface area contributed by atoms with E-state index in [-0.39, 0.29) is 5.78 Å². The van der Waals surface area contributed by atoms with E-state index in [4.69, 9.17) is 0 Å². The molecule has 0 saturated heterocycles. The average molecular weight is 210 g/mol. The van der Waals surface area contributed by atoms with Gasteiger partial charge in [0.05, 0.1) is 0 Å². The molecule has 1 atom stereocenters. The van der Waals surface area contributed by atoms with Crippen LogP contribution in [-0.2, 0) is 9.59 Å². The van der Waals surface area contributed by atoms with Crippen molar-refractivity contribution in [3.8, 4) is 0 Å². The van der Waals surface area contributed by atoms with Gasteiger partial charge in [-0.15, -0.1) is 6.58 Å². The second-order valence-corrected chi connectivity index (χ2v) is 4.20. The molecule has 0 aromatic carbocycles. The Morgan fingerprint density at radius 3 is 2.33 bits per heavy atom. The van der Waals surface area contributed by atoms with Crippen molar-refractivity contribution in [2.45, 2.75) is 52.4 Å². The van der Waals surface area contributed by atoms with Crippen molar-refractivity contribution in [3.63, 3.8) is 0 Å². The fraction of sp³-hybridized carbons (Fsp3) is 0.692. The van der Waals surface area contributed by atoms with E-state index in [9.17, 15) is 9.59 Å². The van der Waals surface area contributed by atoms with Gasteiger partial charge in [-0.3, -0.25) is 4.79 Å². The van der Waals surface area contributed by atoms with Gasteiger partial charge in [-0.2, -0.15) is 0 Å². The van der Waals surface area contributed by atoms with Crippen LogP contribution in [0.25, 0.3) is 0 Å². The average Bonchev–Trinajstić information content (AvgIpc) is 2.20. The lowest BCUT2D eigenvalue weighted by Gasteiger charge is -2.04. The molecule has 0 fully saturated rings. The predicted molar refractivity (Wildman–Crippen MR) is 62.8 cm³/mol. The maximum absolute atomic E-state index is 11.4. The summed E-state index contributed by atoms with van der Waals surface area (Å²) in [4.78, 5) is 22.0. The highest BCUT2D eigenvalue weighted by Gasteiger charge is 2.04. The molecule has 1 unspecified atom stereocenters. The van der Waals surface area contributed by atoms with Crippen LogP contribution in [0.15, 0.2) is 12.7 Å². The molecule has 0 N–H and O–H groups in total. The number of ketones is 2. The topological polar surface area (TPSA) is 34.1 Å². The first-order valence-electron chi connectivity index (χ1n) is 5.70. The first kappa shape index (κ1) is 14.1. The number of hydrogen-bond acceptors (Lipinski definition) is 2. The molecule has 2 heteroatoms. The van der Waals surface area contributed by atoms with Gasteiger partial charge in [-0.25, -0.2) is 0 Å². The molecule has 0 bridgehead atoms. The third kappa shape index (κ3) is 9.39. The molecule has 0 heterocycles. The van der Waals surface area contributed by atoms with Gasteiger partial charge in [-0.05, 0) is 32.1 Å². The molecular weight excluding hydrogens is 188 g/mol. The van der Waals surface area contributed by atoms with Crippen LogP contribution in [0.5, 0.6) is 0 Å². The van der Waals surface area contributed by atoms with Gasteiger partial charge in [0.15, 0.2) is 0 Å². The van der Waals surface area contributed by atoms with E-state index in [1.165, 1.54) is 0 Å². The zero-order chi connectivity index (χ0) is 11.7. The minimum atomic E-state index is 0.211. The van der Waals surface area contributed by atoms with Crippen LogP contribution in [0.3, 0.4) is 0 Å². The van der Waals surface area contributed by atoms with Crippen molar-refractivity contribution >= 4 is 11.6 Å². The van der Waals surface area contributed by atoms with E-state index in [0.717, 1.165) is 19.3 Å². The molecule has 0 aliphatic rings. The molecule has 0 rings (SSSR count). The summed E-state index contributed by atoms with van der Waals surface area (Å²) in [5.41, 5.74) is 0. The maximum Gasteiger partial charge on any atom is 0.132 e. The summed E-state index contributed by atoms with van der Waals surface area (Å²) in [6.07, 6.45) is 6.35. The summed E-state index contributed by atoms with van der Waals surface area (Å²) in [7, 11) is 0. The highest BCUT2D eigenvalue weighted by atomic mass is 16.1. The Morgan fingerprint density at radius 1 is 1.20 bits per heavy atom. The Hall–Kier alpha value is -0.920. The normalized spacial score (nSPS) is 12.1. The highest BCUT2D eigenvalue weighted by Crippen LogP contribution is 2.10. The minimum absolute atomic E-state index is 0.211. The molecule has 0 aromatic rings. The molecule has 0 radical (unpaired) electrons. The maximum atomic E-state index is 11.4. The van der Waals surface area contributed by atoms with Crippen molar-refractivity contribution in [1.29, 1.82) is 0 Å². The molecule has 0 spiro atoms. The van der Waals surface area contributed by atoms with Gasteiger partial charge in [0, 0.05) is 19.3 Å². The standard InChI is InChI=1S/C13H22O2/c1-4-11(2)9-10-13(15)8-6-5-7-12(3)14/h4,11H,1,5-10H2,2-3H3. The molecular formula is C13H22O2. The van der Waals surface area contributed by atoms with Crippen LogP contribution in [0.1, 0.15) is 52.4 Å². The number of carbonyl (C=O) groups excluding carboxylic acids is 2. The number of unbranched alkanes of at least 4 members (excludes halogenated alkanes) is 1. The van der Waals surface area contributed by atoms with Crippen LogP contribution in [0, 0.1) is 5.92 Å². The van der Waals surface area contributed by atoms with E-state index in [2.05, 4.69) is 13.5 Å². The molecule has 0 aliphatic heterocycles. The Balaban J connectivity index is 3.41. The summed E-state index contributed by atoms with van der Waals surface area (Å²) in [5, 5.41) is 0. The number of allylic oxidation sites excluding steroid dienone is 1. The summed E-state index contributed by atoms with van der Waals surface area (Å²) >= 11 is 0. The number of carbonyl (C=O) groups is 2. The fourth-order valence-electron chi connectivity index (χ4n) is 1.33. The Morgan fingerprint density at radius 2 is 1.80 bits per heavy atom. The third-order valence-corrected chi connectivity index (χ3v) is 2.52. The Bertz CT molecular complexity index is 219. The molecule has 0 saturated carbocycles. The van der Waals surface area contributed by atoms with Gasteiger partial charge in [-0.1, -0.05) is 13.0 Å². The third-order valence-electron chi connectivity index (χ3n) is 2.52. The van der Waals surface area contributed by atoms with Gasteiger partial charge >= 0.3 is 0 Å². The zero-order valence-electron chi connectivity index (χ0n) is 9.92.